The summed E-state index contributed by atoms with van der Waals surface area (Å²) in [6.07, 6.45) is 3.75. The predicted octanol–water partition coefficient (Wildman–Crippen LogP) is 1.10. The van der Waals surface area contributed by atoms with Crippen LogP contribution < -0.4 is 5.73 Å². The van der Waals surface area contributed by atoms with Crippen LogP contribution in [0.1, 0.15) is 26.6 Å². The van der Waals surface area contributed by atoms with Crippen LogP contribution >= 0.6 is 0 Å². The Morgan fingerprint density at radius 2 is 2.18 bits per heavy atom. The van der Waals surface area contributed by atoms with Gasteiger partial charge in [0.05, 0.1) is 6.54 Å². The number of hydrogen-bond donors (Lipinski definition) is 1. The van der Waals surface area contributed by atoms with Crippen molar-refractivity contribution < 1.29 is 0 Å². The number of rotatable bonds is 1. The molecule has 3 nitrogen and oxygen atoms in total. The second-order valence-corrected chi connectivity index (χ2v) is 3.59. The summed E-state index contributed by atoms with van der Waals surface area (Å²) >= 11 is 0. The number of aromatic nitrogens is 2. The largest absolute Gasteiger partial charge is 0.329 e. The van der Waals surface area contributed by atoms with Gasteiger partial charge < -0.3 is 10.3 Å². The van der Waals surface area contributed by atoms with Gasteiger partial charge in [-0.1, -0.05) is 0 Å². The SMILES string of the molecule is CC(C)(C)n1ccnc1CN. The fourth-order valence-corrected chi connectivity index (χ4v) is 1.10. The Bertz CT molecular complexity index is 232. The Hall–Kier alpha value is -0.830. The molecule has 0 fully saturated rings. The van der Waals surface area contributed by atoms with Crippen molar-refractivity contribution >= 4 is 0 Å². The second-order valence-electron chi connectivity index (χ2n) is 3.59. The summed E-state index contributed by atoms with van der Waals surface area (Å²) in [5.41, 5.74) is 5.60. The smallest absolute Gasteiger partial charge is 0.122 e. The van der Waals surface area contributed by atoms with E-state index >= 15 is 0 Å². The van der Waals surface area contributed by atoms with Gasteiger partial charge in [-0.25, -0.2) is 4.98 Å². The molecule has 0 amide bonds. The lowest BCUT2D eigenvalue weighted by Gasteiger charge is -2.22. The Balaban J connectivity index is 3.02. The van der Waals surface area contributed by atoms with Crippen LogP contribution in [0.5, 0.6) is 0 Å². The van der Waals surface area contributed by atoms with Gasteiger partial charge in [-0.3, -0.25) is 0 Å². The molecule has 11 heavy (non-hydrogen) atoms. The molecule has 62 valence electrons. The van der Waals surface area contributed by atoms with Crippen LogP contribution in [0.15, 0.2) is 12.4 Å². The first-order valence-electron chi connectivity index (χ1n) is 3.78. The molecule has 0 aliphatic heterocycles. The van der Waals surface area contributed by atoms with Gasteiger partial charge in [-0.2, -0.15) is 0 Å². The summed E-state index contributed by atoms with van der Waals surface area (Å²) in [4.78, 5) is 4.14. The second kappa shape index (κ2) is 2.66. The first kappa shape index (κ1) is 8.27. The van der Waals surface area contributed by atoms with Gasteiger partial charge in [0.2, 0.25) is 0 Å². The van der Waals surface area contributed by atoms with Gasteiger partial charge in [0, 0.05) is 17.9 Å². The molecule has 1 aromatic rings. The van der Waals surface area contributed by atoms with Crippen molar-refractivity contribution in [2.45, 2.75) is 32.9 Å². The Morgan fingerprint density at radius 3 is 2.55 bits per heavy atom. The summed E-state index contributed by atoms with van der Waals surface area (Å²) in [5, 5.41) is 0. The summed E-state index contributed by atoms with van der Waals surface area (Å²) < 4.78 is 2.09. The van der Waals surface area contributed by atoms with Gasteiger partial charge in [0.1, 0.15) is 5.82 Å². The molecule has 0 aliphatic carbocycles. The summed E-state index contributed by atoms with van der Waals surface area (Å²) in [6, 6.07) is 0. The molecule has 1 heterocycles. The van der Waals surface area contributed by atoms with Crippen molar-refractivity contribution in [3.8, 4) is 0 Å². The van der Waals surface area contributed by atoms with Crippen molar-refractivity contribution in [2.75, 3.05) is 0 Å². The van der Waals surface area contributed by atoms with Crippen LogP contribution in [0.25, 0.3) is 0 Å². The molecule has 3 heteroatoms. The van der Waals surface area contributed by atoms with Crippen molar-refractivity contribution in [2.24, 2.45) is 5.73 Å². The van der Waals surface area contributed by atoms with Gasteiger partial charge >= 0.3 is 0 Å². The van der Waals surface area contributed by atoms with E-state index in [1.807, 2.05) is 6.20 Å². The molecular formula is C8H15N3. The molecule has 0 aliphatic rings. The maximum atomic E-state index is 5.51. The van der Waals surface area contributed by atoms with Crippen LogP contribution in [0.4, 0.5) is 0 Å². The van der Waals surface area contributed by atoms with Gasteiger partial charge in [0.25, 0.3) is 0 Å². The zero-order valence-corrected chi connectivity index (χ0v) is 7.33. The highest BCUT2D eigenvalue weighted by molar-refractivity contribution is 4.96. The van der Waals surface area contributed by atoms with Crippen molar-refractivity contribution in [1.82, 2.24) is 9.55 Å². The van der Waals surface area contributed by atoms with Gasteiger partial charge in [-0.05, 0) is 20.8 Å². The fourth-order valence-electron chi connectivity index (χ4n) is 1.10. The minimum absolute atomic E-state index is 0.0885. The quantitative estimate of drug-likeness (QED) is 0.656. The Labute approximate surface area is 67.2 Å². The fraction of sp³-hybridized carbons (Fsp3) is 0.625. The number of hydrogen-bond acceptors (Lipinski definition) is 2. The van der Waals surface area contributed by atoms with E-state index in [0.717, 1.165) is 5.82 Å². The summed E-state index contributed by atoms with van der Waals surface area (Å²) in [6.45, 7) is 6.90. The van der Waals surface area contributed by atoms with E-state index in [9.17, 15) is 0 Å². The molecule has 0 atom stereocenters. The maximum absolute atomic E-state index is 5.51. The van der Waals surface area contributed by atoms with Gasteiger partial charge in [-0.15, -0.1) is 0 Å². The third-order valence-electron chi connectivity index (χ3n) is 1.62. The third-order valence-corrected chi connectivity index (χ3v) is 1.62. The molecule has 0 spiro atoms. The molecule has 1 rings (SSSR count). The van der Waals surface area contributed by atoms with Crippen LogP contribution in [0.3, 0.4) is 0 Å². The maximum Gasteiger partial charge on any atom is 0.122 e. The summed E-state index contributed by atoms with van der Waals surface area (Å²) in [5.74, 6) is 0.942. The minimum Gasteiger partial charge on any atom is -0.329 e. The van der Waals surface area contributed by atoms with E-state index in [1.54, 1.807) is 6.20 Å². The molecule has 0 saturated carbocycles. The van der Waals surface area contributed by atoms with Crippen molar-refractivity contribution in [1.29, 1.82) is 0 Å². The average molecular weight is 153 g/mol. The number of nitrogens with zero attached hydrogens (tertiary/aromatic N) is 2. The molecular weight excluding hydrogens is 138 g/mol. The lowest BCUT2D eigenvalue weighted by molar-refractivity contribution is 0.383. The zero-order valence-electron chi connectivity index (χ0n) is 7.33. The van der Waals surface area contributed by atoms with Gasteiger partial charge in [0.15, 0.2) is 0 Å². The molecule has 0 saturated heterocycles. The van der Waals surface area contributed by atoms with E-state index in [1.165, 1.54) is 0 Å². The third kappa shape index (κ3) is 1.60. The van der Waals surface area contributed by atoms with E-state index in [2.05, 4.69) is 30.3 Å². The predicted molar refractivity (Wildman–Crippen MR) is 45.1 cm³/mol. The molecule has 0 unspecified atom stereocenters. The molecule has 0 bridgehead atoms. The standard InChI is InChI=1S/C8H15N3/c1-8(2,3)11-5-4-10-7(11)6-9/h4-5H,6,9H2,1-3H3. The Morgan fingerprint density at radius 1 is 1.55 bits per heavy atom. The summed E-state index contributed by atoms with van der Waals surface area (Å²) in [7, 11) is 0. The Kier molecular flexibility index (Phi) is 2.00. The van der Waals surface area contributed by atoms with Crippen molar-refractivity contribution in [3.05, 3.63) is 18.2 Å². The number of nitrogens with two attached hydrogens (primary N) is 1. The molecule has 2 N–H and O–H groups in total. The van der Waals surface area contributed by atoms with E-state index in [0.29, 0.717) is 6.54 Å². The van der Waals surface area contributed by atoms with E-state index in [-0.39, 0.29) is 5.54 Å². The van der Waals surface area contributed by atoms with E-state index in [4.69, 9.17) is 5.73 Å². The molecule has 0 aromatic carbocycles. The highest BCUT2D eigenvalue weighted by Crippen LogP contribution is 2.15. The monoisotopic (exact) mass is 153 g/mol. The lowest BCUT2D eigenvalue weighted by atomic mass is 10.1. The van der Waals surface area contributed by atoms with E-state index < -0.39 is 0 Å². The van der Waals surface area contributed by atoms with Crippen LogP contribution in [0.2, 0.25) is 0 Å². The first-order chi connectivity index (χ1) is 5.05. The number of imidazole rings is 1. The molecule has 1 aromatic heterocycles. The van der Waals surface area contributed by atoms with Crippen LogP contribution in [-0.4, -0.2) is 9.55 Å². The topological polar surface area (TPSA) is 43.8 Å². The lowest BCUT2D eigenvalue weighted by Crippen LogP contribution is -2.24. The highest BCUT2D eigenvalue weighted by atomic mass is 15.1. The molecule has 0 radical (unpaired) electrons. The minimum atomic E-state index is 0.0885. The first-order valence-corrected chi connectivity index (χ1v) is 3.78. The average Bonchev–Trinajstić information content (AvgIpc) is 2.31. The van der Waals surface area contributed by atoms with Crippen molar-refractivity contribution in [3.63, 3.8) is 0 Å². The normalized spacial score (nSPS) is 12.0. The zero-order chi connectivity index (χ0) is 8.48. The van der Waals surface area contributed by atoms with Crippen LogP contribution in [0, 0.1) is 0 Å². The highest BCUT2D eigenvalue weighted by Gasteiger charge is 2.14. The van der Waals surface area contributed by atoms with Crippen LogP contribution in [-0.2, 0) is 12.1 Å².